The number of hydrogen-bond acceptors (Lipinski definition) is 3. The topological polar surface area (TPSA) is 55.4 Å². The van der Waals surface area contributed by atoms with Crippen LogP contribution in [-0.2, 0) is 14.3 Å². The minimum Gasteiger partial charge on any atom is -0.455 e. The summed E-state index contributed by atoms with van der Waals surface area (Å²) >= 11 is 5.90. The van der Waals surface area contributed by atoms with Gasteiger partial charge < -0.3 is 10.1 Å². The van der Waals surface area contributed by atoms with E-state index in [1.807, 2.05) is 26.0 Å². The van der Waals surface area contributed by atoms with Crippen LogP contribution in [0.2, 0.25) is 5.02 Å². The van der Waals surface area contributed by atoms with Gasteiger partial charge in [-0.2, -0.15) is 0 Å². The molecule has 108 valence electrons. The highest BCUT2D eigenvalue weighted by Crippen LogP contribution is 2.38. The van der Waals surface area contributed by atoms with Crippen LogP contribution in [0.4, 0.5) is 0 Å². The van der Waals surface area contributed by atoms with Crippen LogP contribution in [0.25, 0.3) is 0 Å². The van der Waals surface area contributed by atoms with Crippen LogP contribution in [0.3, 0.4) is 0 Å². The minimum absolute atomic E-state index is 0.0202. The summed E-state index contributed by atoms with van der Waals surface area (Å²) in [6.45, 7) is 3.62. The van der Waals surface area contributed by atoms with E-state index in [2.05, 4.69) is 5.32 Å². The maximum atomic E-state index is 11.7. The molecule has 1 fully saturated rings. The van der Waals surface area contributed by atoms with Crippen LogP contribution < -0.4 is 5.32 Å². The zero-order chi connectivity index (χ0) is 14.7. The van der Waals surface area contributed by atoms with Gasteiger partial charge in [-0.1, -0.05) is 30.7 Å². The first-order valence-electron chi connectivity index (χ1n) is 6.69. The van der Waals surface area contributed by atoms with Gasteiger partial charge in [-0.15, -0.1) is 0 Å². The van der Waals surface area contributed by atoms with Gasteiger partial charge >= 0.3 is 5.97 Å². The minimum atomic E-state index is -0.306. The maximum Gasteiger partial charge on any atom is 0.309 e. The summed E-state index contributed by atoms with van der Waals surface area (Å²) in [5.41, 5.74) is 0.910. The number of benzene rings is 1. The molecule has 1 aliphatic rings. The Morgan fingerprint density at radius 1 is 1.50 bits per heavy atom. The first-order chi connectivity index (χ1) is 9.47. The summed E-state index contributed by atoms with van der Waals surface area (Å²) < 4.78 is 4.98. The zero-order valence-electron chi connectivity index (χ0n) is 11.6. The number of ether oxygens (including phenoxy) is 1. The molecule has 0 spiro atoms. The number of amides is 1. The van der Waals surface area contributed by atoms with Crippen molar-refractivity contribution in [3.63, 3.8) is 0 Å². The average Bonchev–Trinajstić information content (AvgIpc) is 3.13. The summed E-state index contributed by atoms with van der Waals surface area (Å²) in [7, 11) is 0. The van der Waals surface area contributed by atoms with Crippen molar-refractivity contribution in [2.75, 3.05) is 6.61 Å². The third-order valence-electron chi connectivity index (χ3n) is 3.48. The molecular weight excluding hydrogens is 278 g/mol. The van der Waals surface area contributed by atoms with Crippen LogP contribution >= 0.6 is 11.6 Å². The van der Waals surface area contributed by atoms with Gasteiger partial charge in [-0.05, 0) is 37.0 Å². The Morgan fingerprint density at radius 2 is 2.20 bits per heavy atom. The molecule has 1 amide bonds. The van der Waals surface area contributed by atoms with Gasteiger partial charge in [0.05, 0.1) is 12.0 Å². The Bertz CT molecular complexity index is 518. The van der Waals surface area contributed by atoms with E-state index < -0.39 is 0 Å². The van der Waals surface area contributed by atoms with E-state index in [9.17, 15) is 9.59 Å². The lowest BCUT2D eigenvalue weighted by atomic mass is 10.1. The summed E-state index contributed by atoms with van der Waals surface area (Å²) in [4.78, 5) is 23.2. The molecule has 1 aliphatic carbocycles. The van der Waals surface area contributed by atoms with E-state index in [0.29, 0.717) is 10.9 Å². The van der Waals surface area contributed by atoms with Crippen molar-refractivity contribution in [2.45, 2.75) is 26.3 Å². The molecule has 0 bridgehead atoms. The third-order valence-corrected chi connectivity index (χ3v) is 3.72. The second-order valence-electron chi connectivity index (χ2n) is 5.27. The largest absolute Gasteiger partial charge is 0.455 e. The number of hydrogen-bond donors (Lipinski definition) is 1. The van der Waals surface area contributed by atoms with Crippen molar-refractivity contribution in [1.82, 2.24) is 5.32 Å². The number of nitrogens with one attached hydrogen (secondary N) is 1. The fourth-order valence-electron chi connectivity index (χ4n) is 2.04. The summed E-state index contributed by atoms with van der Waals surface area (Å²) in [6.07, 6.45) is 0.860. The van der Waals surface area contributed by atoms with Crippen molar-refractivity contribution in [3.8, 4) is 0 Å². The van der Waals surface area contributed by atoms with Crippen molar-refractivity contribution < 1.29 is 14.3 Å². The lowest BCUT2D eigenvalue weighted by molar-refractivity contribution is -0.150. The third kappa shape index (κ3) is 3.97. The number of esters is 1. The van der Waals surface area contributed by atoms with Gasteiger partial charge in [0.2, 0.25) is 0 Å². The van der Waals surface area contributed by atoms with E-state index in [1.165, 1.54) is 0 Å². The van der Waals surface area contributed by atoms with Crippen LogP contribution in [0.1, 0.15) is 31.9 Å². The van der Waals surface area contributed by atoms with Crippen molar-refractivity contribution in [3.05, 3.63) is 34.9 Å². The monoisotopic (exact) mass is 295 g/mol. The summed E-state index contributed by atoms with van der Waals surface area (Å²) in [5, 5.41) is 3.40. The van der Waals surface area contributed by atoms with Crippen LogP contribution in [-0.4, -0.2) is 18.5 Å². The van der Waals surface area contributed by atoms with E-state index >= 15 is 0 Å². The molecule has 0 heterocycles. The lowest BCUT2D eigenvalue weighted by Crippen LogP contribution is -2.31. The second kappa shape index (κ2) is 6.27. The van der Waals surface area contributed by atoms with E-state index in [4.69, 9.17) is 16.3 Å². The quantitative estimate of drug-likeness (QED) is 0.850. The molecule has 0 unspecified atom stereocenters. The normalized spacial score (nSPS) is 21.9. The van der Waals surface area contributed by atoms with Crippen molar-refractivity contribution in [1.29, 1.82) is 0 Å². The van der Waals surface area contributed by atoms with E-state index in [-0.39, 0.29) is 30.4 Å². The van der Waals surface area contributed by atoms with Crippen LogP contribution in [0.5, 0.6) is 0 Å². The average molecular weight is 296 g/mol. The molecule has 1 N–H and O–H groups in total. The SMILES string of the molecule is C[C@H](NC(=O)COC(=O)[C@H]1C[C@H]1C)c1cccc(Cl)c1. The molecule has 1 aromatic rings. The Morgan fingerprint density at radius 3 is 2.80 bits per heavy atom. The Hall–Kier alpha value is -1.55. The van der Waals surface area contributed by atoms with Gasteiger partial charge in [0, 0.05) is 5.02 Å². The van der Waals surface area contributed by atoms with Crippen LogP contribution in [0, 0.1) is 11.8 Å². The van der Waals surface area contributed by atoms with Gasteiger partial charge in [0.15, 0.2) is 6.61 Å². The van der Waals surface area contributed by atoms with Gasteiger partial charge in [-0.25, -0.2) is 0 Å². The highest BCUT2D eigenvalue weighted by molar-refractivity contribution is 6.30. The fourth-order valence-corrected chi connectivity index (χ4v) is 2.24. The molecule has 3 atom stereocenters. The van der Waals surface area contributed by atoms with Gasteiger partial charge in [0.1, 0.15) is 0 Å². The summed E-state index contributed by atoms with van der Waals surface area (Å²) in [6, 6.07) is 7.10. The molecule has 0 radical (unpaired) electrons. The number of halogens is 1. The smallest absolute Gasteiger partial charge is 0.309 e. The molecule has 1 aromatic carbocycles. The highest BCUT2D eigenvalue weighted by atomic mass is 35.5. The highest BCUT2D eigenvalue weighted by Gasteiger charge is 2.40. The molecule has 5 heteroatoms. The van der Waals surface area contributed by atoms with Crippen molar-refractivity contribution >= 4 is 23.5 Å². The molecule has 2 rings (SSSR count). The fraction of sp³-hybridized carbons (Fsp3) is 0.467. The maximum absolute atomic E-state index is 11.7. The number of carbonyl (C=O) groups excluding carboxylic acids is 2. The number of carbonyl (C=O) groups is 2. The lowest BCUT2D eigenvalue weighted by Gasteiger charge is -2.14. The molecule has 0 saturated heterocycles. The summed E-state index contributed by atoms with van der Waals surface area (Å²) in [5.74, 6) is -0.216. The molecule has 0 aromatic heterocycles. The van der Waals surface area contributed by atoms with Gasteiger partial charge in [0.25, 0.3) is 5.91 Å². The first kappa shape index (κ1) is 14.9. The standard InChI is InChI=1S/C15H18ClNO3/c1-9-6-13(9)15(19)20-8-14(18)17-10(2)11-4-3-5-12(16)7-11/h3-5,7,9-10,13H,6,8H2,1-2H3,(H,17,18)/t9-,10+,13+/m1/s1. The Kier molecular flexibility index (Phi) is 4.65. The second-order valence-corrected chi connectivity index (χ2v) is 5.71. The van der Waals surface area contributed by atoms with Crippen molar-refractivity contribution in [2.24, 2.45) is 11.8 Å². The van der Waals surface area contributed by atoms with E-state index in [1.54, 1.807) is 12.1 Å². The Labute approximate surface area is 123 Å². The predicted molar refractivity (Wildman–Crippen MR) is 76.2 cm³/mol. The molecule has 0 aliphatic heterocycles. The van der Waals surface area contributed by atoms with Gasteiger partial charge in [-0.3, -0.25) is 9.59 Å². The Balaban J connectivity index is 1.77. The molecular formula is C15H18ClNO3. The van der Waals surface area contributed by atoms with E-state index in [0.717, 1.165) is 12.0 Å². The van der Waals surface area contributed by atoms with Crippen LogP contribution in [0.15, 0.2) is 24.3 Å². The predicted octanol–water partition coefficient (Wildman–Crippen LogP) is 2.72. The first-order valence-corrected chi connectivity index (χ1v) is 7.06. The molecule has 4 nitrogen and oxygen atoms in total. The zero-order valence-corrected chi connectivity index (χ0v) is 12.3. The molecule has 1 saturated carbocycles. The molecule has 20 heavy (non-hydrogen) atoms. The number of rotatable bonds is 5.